The van der Waals surface area contributed by atoms with Gasteiger partial charge in [-0.2, -0.15) is 0 Å². The molecule has 2 rings (SSSR count). The molecule has 0 aliphatic heterocycles. The van der Waals surface area contributed by atoms with Gasteiger partial charge < -0.3 is 4.74 Å². The lowest BCUT2D eigenvalue weighted by Crippen LogP contribution is -2.28. The third-order valence-electron chi connectivity index (χ3n) is 3.12. The van der Waals surface area contributed by atoms with Crippen molar-refractivity contribution in [1.29, 1.82) is 0 Å². The van der Waals surface area contributed by atoms with Gasteiger partial charge in [-0.15, -0.1) is 0 Å². The van der Waals surface area contributed by atoms with E-state index in [1.54, 1.807) is 0 Å². The Kier molecular flexibility index (Phi) is 2.92. The van der Waals surface area contributed by atoms with Gasteiger partial charge in [0.15, 0.2) is 0 Å². The van der Waals surface area contributed by atoms with E-state index in [9.17, 15) is 4.79 Å². The van der Waals surface area contributed by atoms with Crippen LogP contribution in [0.4, 0.5) is 0 Å². The molecule has 88 valence electrons. The zero-order chi connectivity index (χ0) is 11.8. The lowest BCUT2D eigenvalue weighted by atomic mass is 10.0. The molecule has 2 aliphatic rings. The molecule has 0 heterocycles. The fraction of sp³-hybridized carbons (Fsp3) is 0.643. The summed E-state index contributed by atoms with van der Waals surface area (Å²) in [6, 6.07) is 0. The summed E-state index contributed by atoms with van der Waals surface area (Å²) in [6.07, 6.45) is 8.30. The van der Waals surface area contributed by atoms with Crippen molar-refractivity contribution in [3.63, 3.8) is 0 Å². The second-order valence-corrected chi connectivity index (χ2v) is 5.73. The summed E-state index contributed by atoms with van der Waals surface area (Å²) in [5.41, 5.74) is 2.58. The summed E-state index contributed by atoms with van der Waals surface area (Å²) < 4.78 is 5.44. The highest BCUT2D eigenvalue weighted by Crippen LogP contribution is 2.38. The summed E-state index contributed by atoms with van der Waals surface area (Å²) >= 11 is 0. The minimum absolute atomic E-state index is 0.0260. The normalized spacial score (nSPS) is 21.2. The largest absolute Gasteiger partial charge is 0.460 e. The SMILES string of the molecule is CC(C)(C)OC(=O)C1CC2=C(CC=CC2)C1. The molecule has 0 unspecified atom stereocenters. The standard InChI is InChI=1S/C14H20O2/c1-14(2,3)16-13(15)12-8-10-6-4-5-7-11(10)9-12/h4-5,12H,6-9H2,1-3H3. The predicted molar refractivity (Wildman–Crippen MR) is 64.0 cm³/mol. The number of hydrogen-bond donors (Lipinski definition) is 0. The highest BCUT2D eigenvalue weighted by molar-refractivity contribution is 5.74. The van der Waals surface area contributed by atoms with Gasteiger partial charge in [0, 0.05) is 0 Å². The van der Waals surface area contributed by atoms with E-state index in [2.05, 4.69) is 12.2 Å². The van der Waals surface area contributed by atoms with Crippen molar-refractivity contribution >= 4 is 5.97 Å². The van der Waals surface area contributed by atoms with Gasteiger partial charge in [-0.3, -0.25) is 4.79 Å². The topological polar surface area (TPSA) is 26.3 Å². The number of carbonyl (C=O) groups is 1. The van der Waals surface area contributed by atoms with E-state index in [4.69, 9.17) is 4.74 Å². The molecule has 0 spiro atoms. The van der Waals surface area contributed by atoms with Crippen molar-refractivity contribution in [1.82, 2.24) is 0 Å². The third kappa shape index (κ3) is 2.55. The number of ether oxygens (including phenoxy) is 1. The minimum atomic E-state index is -0.363. The molecular formula is C14H20O2. The lowest BCUT2D eigenvalue weighted by molar-refractivity contribution is -0.159. The van der Waals surface area contributed by atoms with Gasteiger partial charge in [0.25, 0.3) is 0 Å². The molecule has 16 heavy (non-hydrogen) atoms. The van der Waals surface area contributed by atoms with E-state index in [1.807, 2.05) is 20.8 Å². The zero-order valence-electron chi connectivity index (χ0n) is 10.4. The van der Waals surface area contributed by atoms with E-state index in [0.717, 1.165) is 25.7 Å². The fourth-order valence-corrected chi connectivity index (χ4v) is 2.41. The second-order valence-electron chi connectivity index (χ2n) is 5.73. The Morgan fingerprint density at radius 2 is 1.69 bits per heavy atom. The molecule has 2 nitrogen and oxygen atoms in total. The maximum Gasteiger partial charge on any atom is 0.310 e. The van der Waals surface area contributed by atoms with E-state index in [0.29, 0.717) is 0 Å². The molecule has 0 aromatic carbocycles. The van der Waals surface area contributed by atoms with Crippen molar-refractivity contribution in [2.24, 2.45) is 5.92 Å². The van der Waals surface area contributed by atoms with Crippen molar-refractivity contribution in [3.8, 4) is 0 Å². The van der Waals surface area contributed by atoms with E-state index >= 15 is 0 Å². The van der Waals surface area contributed by atoms with Gasteiger partial charge in [0.2, 0.25) is 0 Å². The first kappa shape index (κ1) is 11.4. The van der Waals surface area contributed by atoms with E-state index in [-0.39, 0.29) is 17.5 Å². The summed E-state index contributed by atoms with van der Waals surface area (Å²) in [5.74, 6) is 0.0472. The number of rotatable bonds is 1. The van der Waals surface area contributed by atoms with Crippen LogP contribution in [0.25, 0.3) is 0 Å². The molecule has 0 radical (unpaired) electrons. The number of hydrogen-bond acceptors (Lipinski definition) is 2. The zero-order valence-corrected chi connectivity index (χ0v) is 10.4. The highest BCUT2D eigenvalue weighted by atomic mass is 16.6. The smallest absolute Gasteiger partial charge is 0.310 e. The number of allylic oxidation sites excluding steroid dienone is 4. The Morgan fingerprint density at radius 3 is 2.12 bits per heavy atom. The average Bonchev–Trinajstić information content (AvgIpc) is 2.58. The molecule has 0 N–H and O–H groups in total. The Balaban J connectivity index is 1.93. The first-order valence-electron chi connectivity index (χ1n) is 6.03. The number of carbonyl (C=O) groups excluding carboxylic acids is 1. The molecule has 0 aromatic heterocycles. The number of esters is 1. The first-order chi connectivity index (χ1) is 7.46. The summed E-state index contributed by atoms with van der Waals surface area (Å²) in [7, 11) is 0. The van der Waals surface area contributed by atoms with Gasteiger partial charge in [0.1, 0.15) is 5.60 Å². The van der Waals surface area contributed by atoms with Gasteiger partial charge in [-0.1, -0.05) is 23.3 Å². The van der Waals surface area contributed by atoms with Crippen molar-refractivity contribution in [3.05, 3.63) is 23.3 Å². The average molecular weight is 220 g/mol. The van der Waals surface area contributed by atoms with Crippen LogP contribution in [0.15, 0.2) is 23.3 Å². The Labute approximate surface area is 97.4 Å². The van der Waals surface area contributed by atoms with Gasteiger partial charge >= 0.3 is 5.97 Å². The molecule has 0 fully saturated rings. The molecule has 2 aliphatic carbocycles. The van der Waals surface area contributed by atoms with Gasteiger partial charge in [-0.25, -0.2) is 0 Å². The van der Waals surface area contributed by atoms with Gasteiger partial charge in [0.05, 0.1) is 5.92 Å². The van der Waals surface area contributed by atoms with Crippen LogP contribution >= 0.6 is 0 Å². The maximum absolute atomic E-state index is 11.9. The minimum Gasteiger partial charge on any atom is -0.460 e. The van der Waals surface area contributed by atoms with Gasteiger partial charge in [-0.05, 0) is 46.5 Å². The van der Waals surface area contributed by atoms with Crippen LogP contribution in [-0.4, -0.2) is 11.6 Å². The summed E-state index contributed by atoms with van der Waals surface area (Å²) in [6.45, 7) is 5.78. The predicted octanol–water partition coefficient (Wildman–Crippen LogP) is 3.38. The molecule has 0 aromatic rings. The lowest BCUT2D eigenvalue weighted by Gasteiger charge is -2.22. The van der Waals surface area contributed by atoms with Crippen LogP contribution in [0.3, 0.4) is 0 Å². The summed E-state index contributed by atoms with van der Waals surface area (Å²) in [4.78, 5) is 11.9. The molecule has 0 saturated carbocycles. The van der Waals surface area contributed by atoms with E-state index in [1.165, 1.54) is 11.1 Å². The Bertz CT molecular complexity index is 335. The molecule has 0 bridgehead atoms. The monoisotopic (exact) mass is 220 g/mol. The van der Waals surface area contributed by atoms with E-state index < -0.39 is 0 Å². The van der Waals surface area contributed by atoms with Crippen molar-refractivity contribution in [2.45, 2.75) is 52.1 Å². The fourth-order valence-electron chi connectivity index (χ4n) is 2.41. The van der Waals surface area contributed by atoms with Crippen molar-refractivity contribution in [2.75, 3.05) is 0 Å². The van der Waals surface area contributed by atoms with Crippen LogP contribution in [0.1, 0.15) is 46.5 Å². The maximum atomic E-state index is 11.9. The Morgan fingerprint density at radius 1 is 1.19 bits per heavy atom. The van der Waals surface area contributed by atoms with Crippen LogP contribution in [0, 0.1) is 5.92 Å². The molecule has 0 amide bonds. The van der Waals surface area contributed by atoms with Crippen LogP contribution < -0.4 is 0 Å². The third-order valence-corrected chi connectivity index (χ3v) is 3.12. The molecular weight excluding hydrogens is 200 g/mol. The molecule has 2 heteroatoms. The first-order valence-corrected chi connectivity index (χ1v) is 6.03. The molecule has 0 saturated heterocycles. The van der Waals surface area contributed by atoms with Crippen LogP contribution in [0.2, 0.25) is 0 Å². The molecule has 0 atom stereocenters. The van der Waals surface area contributed by atoms with Crippen LogP contribution in [0.5, 0.6) is 0 Å². The quantitative estimate of drug-likeness (QED) is 0.500. The Hall–Kier alpha value is -1.05. The second kappa shape index (κ2) is 4.08. The van der Waals surface area contributed by atoms with Crippen molar-refractivity contribution < 1.29 is 9.53 Å². The highest BCUT2D eigenvalue weighted by Gasteiger charge is 2.32. The van der Waals surface area contributed by atoms with Crippen LogP contribution in [-0.2, 0) is 9.53 Å². The summed E-state index contributed by atoms with van der Waals surface area (Å²) in [5, 5.41) is 0.